The van der Waals surface area contributed by atoms with Crippen LogP contribution in [-0.4, -0.2) is 71.9 Å². The highest BCUT2D eigenvalue weighted by Gasteiger charge is 2.47. The van der Waals surface area contributed by atoms with E-state index in [1.54, 1.807) is 34.9 Å². The van der Waals surface area contributed by atoms with Crippen molar-refractivity contribution in [2.45, 2.75) is 32.0 Å². The summed E-state index contributed by atoms with van der Waals surface area (Å²) >= 11 is 0. The molecule has 0 N–H and O–H groups in total. The van der Waals surface area contributed by atoms with Crippen molar-refractivity contribution in [2.24, 2.45) is 11.8 Å². The van der Waals surface area contributed by atoms with Gasteiger partial charge in [-0.25, -0.2) is 9.18 Å². The lowest BCUT2D eigenvalue weighted by atomic mass is 9.78. The maximum absolute atomic E-state index is 13.8. The molecule has 3 amide bonds. The third kappa shape index (κ3) is 5.72. The molecule has 1 unspecified atom stereocenters. The van der Waals surface area contributed by atoms with Crippen LogP contribution in [0.2, 0.25) is 0 Å². The van der Waals surface area contributed by atoms with Gasteiger partial charge in [0.2, 0.25) is 11.8 Å². The molecule has 0 aliphatic carbocycles. The van der Waals surface area contributed by atoms with Crippen molar-refractivity contribution in [3.63, 3.8) is 0 Å². The number of carbonyl (C=O) groups excluding carboxylic acids is 3. The van der Waals surface area contributed by atoms with E-state index in [0.717, 1.165) is 12.1 Å². The summed E-state index contributed by atoms with van der Waals surface area (Å²) in [5.74, 6) is -1.03. The number of ether oxygens (including phenoxy) is 1. The van der Waals surface area contributed by atoms with Gasteiger partial charge in [-0.2, -0.15) is 13.2 Å². The number of nitrogens with zero attached hydrogens (tertiary/aromatic N) is 3. The van der Waals surface area contributed by atoms with Crippen LogP contribution in [0.25, 0.3) is 0 Å². The van der Waals surface area contributed by atoms with E-state index in [9.17, 15) is 31.9 Å². The zero-order valence-corrected chi connectivity index (χ0v) is 21.4. The van der Waals surface area contributed by atoms with Gasteiger partial charge in [-0.15, -0.1) is 0 Å². The summed E-state index contributed by atoms with van der Waals surface area (Å²) in [5.41, 5.74) is 0.587. The second-order valence-electron chi connectivity index (χ2n) is 10.5. The number of likely N-dealkylation sites (tertiary alicyclic amines) is 2. The fourth-order valence-corrected chi connectivity index (χ4v) is 6.04. The summed E-state index contributed by atoms with van der Waals surface area (Å²) in [6.45, 7) is 3.24. The molecule has 0 radical (unpaired) electrons. The Morgan fingerprint density at radius 3 is 2.44 bits per heavy atom. The van der Waals surface area contributed by atoms with E-state index in [1.807, 2.05) is 0 Å². The van der Waals surface area contributed by atoms with E-state index in [0.29, 0.717) is 43.7 Å². The van der Waals surface area contributed by atoms with Gasteiger partial charge in [0.25, 0.3) is 0 Å². The molecule has 3 aliphatic rings. The summed E-state index contributed by atoms with van der Waals surface area (Å²) in [4.78, 5) is 43.1. The van der Waals surface area contributed by atoms with Crippen LogP contribution in [0.15, 0.2) is 42.5 Å². The van der Waals surface area contributed by atoms with Gasteiger partial charge in [-0.05, 0) is 54.7 Å². The first-order valence-corrected chi connectivity index (χ1v) is 12.9. The number of rotatable bonds is 5. The first kappa shape index (κ1) is 27.0. The minimum Gasteiger partial charge on any atom is -0.448 e. The first-order valence-electron chi connectivity index (χ1n) is 12.9. The van der Waals surface area contributed by atoms with Crippen molar-refractivity contribution in [3.05, 3.63) is 70.5 Å². The highest BCUT2D eigenvalue weighted by Crippen LogP contribution is 2.44. The molecule has 7 nitrogen and oxygen atoms in total. The Hall–Kier alpha value is -3.63. The number of fused-ring (bicyclic) bond motifs is 1. The van der Waals surface area contributed by atoms with E-state index in [2.05, 4.69) is 0 Å². The summed E-state index contributed by atoms with van der Waals surface area (Å²) in [6.07, 6.45) is -4.64. The second kappa shape index (κ2) is 10.5. The lowest BCUT2D eigenvalue weighted by Crippen LogP contribution is -2.46. The molecule has 2 aromatic rings. The number of hydrogen-bond acceptors (Lipinski definition) is 4. The normalized spacial score (nSPS) is 23.2. The highest BCUT2D eigenvalue weighted by molar-refractivity contribution is 5.83. The van der Waals surface area contributed by atoms with Gasteiger partial charge >= 0.3 is 12.3 Å². The number of piperidine rings is 1. The molecule has 0 bridgehead atoms. The van der Waals surface area contributed by atoms with E-state index in [1.165, 1.54) is 17.0 Å². The smallest absolute Gasteiger partial charge is 0.416 e. The van der Waals surface area contributed by atoms with Crippen molar-refractivity contribution >= 4 is 17.9 Å². The highest BCUT2D eigenvalue weighted by atomic mass is 19.4. The molecule has 3 heterocycles. The van der Waals surface area contributed by atoms with E-state index in [4.69, 9.17) is 4.74 Å². The molecule has 5 rings (SSSR count). The molecule has 39 heavy (non-hydrogen) atoms. The average Bonchev–Trinajstić information content (AvgIpc) is 3.49. The Morgan fingerprint density at radius 2 is 1.77 bits per heavy atom. The summed E-state index contributed by atoms with van der Waals surface area (Å²) in [5, 5.41) is 0. The van der Waals surface area contributed by atoms with Crippen molar-refractivity contribution in [2.75, 3.05) is 39.3 Å². The largest absolute Gasteiger partial charge is 0.448 e. The molecular formula is C28H29F4N3O4. The van der Waals surface area contributed by atoms with Crippen LogP contribution in [0.3, 0.4) is 0 Å². The van der Waals surface area contributed by atoms with Crippen LogP contribution < -0.4 is 0 Å². The van der Waals surface area contributed by atoms with Gasteiger partial charge in [0.15, 0.2) is 0 Å². The van der Waals surface area contributed by atoms with Crippen molar-refractivity contribution < 1.29 is 36.7 Å². The van der Waals surface area contributed by atoms with Gasteiger partial charge < -0.3 is 14.5 Å². The Labute approximate surface area is 223 Å². The molecule has 0 spiro atoms. The third-order valence-corrected chi connectivity index (χ3v) is 7.85. The second-order valence-corrected chi connectivity index (χ2v) is 10.5. The summed E-state index contributed by atoms with van der Waals surface area (Å²) in [6, 6.07) is 9.01. The zero-order valence-electron chi connectivity index (χ0n) is 21.4. The predicted octanol–water partition coefficient (Wildman–Crippen LogP) is 4.20. The minimum absolute atomic E-state index is 0.0781. The Kier molecular flexibility index (Phi) is 7.26. The standard InChI is InChI=1S/C28H29F4N3O4/c1-17-10-18(12-21(11-17)28(30,31)32)13-24(36)35-7-6-20-14-34(25(37)16-33-8-9-39-27(33)38)15-23(20)26(35)19-2-4-22(29)5-3-19/h2-5,10-12,20,23,26H,6-9,13-16H2,1H3/t20-,23?,26+/m1/s1. The lowest BCUT2D eigenvalue weighted by Gasteiger charge is -2.43. The van der Waals surface area contributed by atoms with E-state index < -0.39 is 29.7 Å². The molecular weight excluding hydrogens is 518 g/mol. The average molecular weight is 548 g/mol. The number of alkyl halides is 3. The number of halogens is 4. The van der Waals surface area contributed by atoms with Crippen LogP contribution in [-0.2, 0) is 26.9 Å². The zero-order chi connectivity index (χ0) is 27.9. The van der Waals surface area contributed by atoms with E-state index >= 15 is 0 Å². The molecule has 0 saturated carbocycles. The van der Waals surface area contributed by atoms with Crippen LogP contribution in [0.4, 0.5) is 22.4 Å². The fraction of sp³-hybridized carbons (Fsp3) is 0.464. The van der Waals surface area contributed by atoms with Gasteiger partial charge in [-0.1, -0.05) is 23.8 Å². The topological polar surface area (TPSA) is 70.2 Å². The first-order chi connectivity index (χ1) is 18.5. The predicted molar refractivity (Wildman–Crippen MR) is 132 cm³/mol. The number of benzene rings is 2. The van der Waals surface area contributed by atoms with E-state index in [-0.39, 0.29) is 48.8 Å². The Morgan fingerprint density at radius 1 is 1.03 bits per heavy atom. The third-order valence-electron chi connectivity index (χ3n) is 7.85. The Balaban J connectivity index is 1.38. The summed E-state index contributed by atoms with van der Waals surface area (Å²) < 4.78 is 58.8. The van der Waals surface area contributed by atoms with Gasteiger partial charge in [-0.3, -0.25) is 14.5 Å². The van der Waals surface area contributed by atoms with Crippen LogP contribution in [0.5, 0.6) is 0 Å². The summed E-state index contributed by atoms with van der Waals surface area (Å²) in [7, 11) is 0. The Bertz CT molecular complexity index is 1270. The fourth-order valence-electron chi connectivity index (χ4n) is 6.04. The van der Waals surface area contributed by atoms with Crippen molar-refractivity contribution in [1.29, 1.82) is 0 Å². The van der Waals surface area contributed by atoms with Crippen LogP contribution in [0, 0.1) is 24.6 Å². The molecule has 208 valence electrons. The molecule has 0 aromatic heterocycles. The minimum atomic E-state index is -4.52. The maximum Gasteiger partial charge on any atom is 0.416 e. The number of hydrogen-bond donors (Lipinski definition) is 0. The molecule has 3 atom stereocenters. The van der Waals surface area contributed by atoms with Crippen molar-refractivity contribution in [1.82, 2.24) is 14.7 Å². The molecule has 11 heteroatoms. The maximum atomic E-state index is 13.8. The quantitative estimate of drug-likeness (QED) is 0.527. The lowest BCUT2D eigenvalue weighted by molar-refractivity contribution is -0.139. The van der Waals surface area contributed by atoms with Gasteiger partial charge in [0, 0.05) is 25.6 Å². The van der Waals surface area contributed by atoms with Crippen molar-refractivity contribution in [3.8, 4) is 0 Å². The van der Waals surface area contributed by atoms with Gasteiger partial charge in [0.05, 0.1) is 24.6 Å². The molecule has 3 fully saturated rings. The molecule has 3 saturated heterocycles. The van der Waals surface area contributed by atoms with Crippen LogP contribution in [0.1, 0.15) is 34.7 Å². The van der Waals surface area contributed by atoms with Gasteiger partial charge in [0.1, 0.15) is 19.0 Å². The monoisotopic (exact) mass is 547 g/mol. The van der Waals surface area contributed by atoms with Crippen LogP contribution >= 0.6 is 0 Å². The SMILES string of the molecule is Cc1cc(CC(=O)N2CC[C@@H]3CN(C(=O)CN4CCOC4=O)CC3[C@@H]2c2ccc(F)cc2)cc(C(F)(F)F)c1. The number of cyclic esters (lactones) is 1. The molecule has 2 aromatic carbocycles. The number of carbonyl (C=O) groups is 3. The number of amides is 3. The number of aryl methyl sites for hydroxylation is 1. The molecule has 3 aliphatic heterocycles.